The molecule has 2 aliphatic rings. The van der Waals surface area contributed by atoms with Crippen molar-refractivity contribution in [3.8, 4) is 5.88 Å². The third-order valence-electron chi connectivity index (χ3n) is 3.78. The molecule has 1 saturated heterocycles. The number of nitrogens with zero attached hydrogens (tertiary/aromatic N) is 2. The molecule has 1 atom stereocenters. The Morgan fingerprint density at radius 2 is 2.12 bits per heavy atom. The minimum Gasteiger partial charge on any atom is -0.481 e. The van der Waals surface area contributed by atoms with Crippen molar-refractivity contribution >= 4 is 0 Å². The second-order valence-electron chi connectivity index (χ2n) is 4.91. The van der Waals surface area contributed by atoms with E-state index in [0.29, 0.717) is 5.92 Å². The van der Waals surface area contributed by atoms with Crippen molar-refractivity contribution in [1.29, 1.82) is 0 Å². The summed E-state index contributed by atoms with van der Waals surface area (Å²) < 4.78 is 5.44. The molecule has 0 spiro atoms. The number of aromatic nitrogens is 2. The Bertz CT molecular complexity index is 396. The Morgan fingerprint density at radius 1 is 1.24 bits per heavy atom. The number of ether oxygens (including phenoxy) is 1. The van der Waals surface area contributed by atoms with E-state index in [1.54, 1.807) is 7.11 Å². The lowest BCUT2D eigenvalue weighted by Crippen LogP contribution is -2.15. The summed E-state index contributed by atoms with van der Waals surface area (Å²) in [5.41, 5.74) is 2.47. The SMILES string of the molecule is COc1nc(C2CCNC2)nc2c1CCCC2. The van der Waals surface area contributed by atoms with Crippen LogP contribution >= 0.6 is 0 Å². The predicted octanol–water partition coefficient (Wildman–Crippen LogP) is 1.44. The van der Waals surface area contributed by atoms with Crippen LogP contribution in [0.3, 0.4) is 0 Å². The Kier molecular flexibility index (Phi) is 2.97. The molecule has 4 heteroatoms. The van der Waals surface area contributed by atoms with Crippen LogP contribution in [0, 0.1) is 0 Å². The zero-order chi connectivity index (χ0) is 11.7. The lowest BCUT2D eigenvalue weighted by molar-refractivity contribution is 0.382. The van der Waals surface area contributed by atoms with Gasteiger partial charge in [0.05, 0.1) is 12.8 Å². The number of fused-ring (bicyclic) bond motifs is 1. The molecule has 1 aromatic heterocycles. The molecule has 1 unspecified atom stereocenters. The molecule has 0 aromatic carbocycles. The summed E-state index contributed by atoms with van der Waals surface area (Å²) >= 11 is 0. The van der Waals surface area contributed by atoms with Crippen molar-refractivity contribution in [2.24, 2.45) is 0 Å². The van der Waals surface area contributed by atoms with E-state index < -0.39 is 0 Å². The zero-order valence-electron chi connectivity index (χ0n) is 10.3. The van der Waals surface area contributed by atoms with Gasteiger partial charge in [-0.05, 0) is 38.6 Å². The highest BCUT2D eigenvalue weighted by atomic mass is 16.5. The minimum atomic E-state index is 0.469. The fourth-order valence-electron chi connectivity index (χ4n) is 2.80. The molecule has 1 aliphatic carbocycles. The molecule has 0 amide bonds. The van der Waals surface area contributed by atoms with Crippen LogP contribution in [0.5, 0.6) is 5.88 Å². The molecule has 1 fully saturated rings. The normalized spacial score (nSPS) is 23.5. The molecule has 2 heterocycles. The summed E-state index contributed by atoms with van der Waals surface area (Å²) in [5.74, 6) is 2.26. The summed E-state index contributed by atoms with van der Waals surface area (Å²) in [6, 6.07) is 0. The number of hydrogen-bond acceptors (Lipinski definition) is 4. The second-order valence-corrected chi connectivity index (χ2v) is 4.91. The number of methoxy groups -OCH3 is 1. The van der Waals surface area contributed by atoms with Gasteiger partial charge in [-0.1, -0.05) is 0 Å². The van der Waals surface area contributed by atoms with Crippen molar-refractivity contribution in [2.75, 3.05) is 20.2 Å². The zero-order valence-corrected chi connectivity index (χ0v) is 10.3. The molecule has 0 radical (unpaired) electrons. The van der Waals surface area contributed by atoms with Gasteiger partial charge in [-0.15, -0.1) is 0 Å². The molecule has 0 bridgehead atoms. The van der Waals surface area contributed by atoms with E-state index in [1.807, 2.05) is 0 Å². The van der Waals surface area contributed by atoms with Gasteiger partial charge in [0.2, 0.25) is 5.88 Å². The Labute approximate surface area is 102 Å². The van der Waals surface area contributed by atoms with E-state index >= 15 is 0 Å². The van der Waals surface area contributed by atoms with Crippen LogP contribution < -0.4 is 10.1 Å². The Balaban J connectivity index is 1.99. The van der Waals surface area contributed by atoms with Crippen LogP contribution in [0.25, 0.3) is 0 Å². The molecule has 4 nitrogen and oxygen atoms in total. The van der Waals surface area contributed by atoms with Gasteiger partial charge in [0.25, 0.3) is 0 Å². The number of rotatable bonds is 2. The van der Waals surface area contributed by atoms with E-state index in [4.69, 9.17) is 9.72 Å². The van der Waals surface area contributed by atoms with Crippen LogP contribution in [0.2, 0.25) is 0 Å². The third kappa shape index (κ3) is 2.02. The van der Waals surface area contributed by atoms with Crippen LogP contribution in [-0.4, -0.2) is 30.2 Å². The average Bonchev–Trinajstić information content (AvgIpc) is 2.91. The van der Waals surface area contributed by atoms with Crippen LogP contribution in [0.15, 0.2) is 0 Å². The van der Waals surface area contributed by atoms with Gasteiger partial charge in [-0.3, -0.25) is 0 Å². The molecule has 3 rings (SSSR count). The van der Waals surface area contributed by atoms with Gasteiger partial charge in [-0.2, -0.15) is 4.98 Å². The van der Waals surface area contributed by atoms with Crippen molar-refractivity contribution in [2.45, 2.75) is 38.0 Å². The summed E-state index contributed by atoms with van der Waals surface area (Å²) in [4.78, 5) is 9.39. The quantitative estimate of drug-likeness (QED) is 0.839. The highest BCUT2D eigenvalue weighted by Gasteiger charge is 2.24. The average molecular weight is 233 g/mol. The van der Waals surface area contributed by atoms with Gasteiger partial charge in [0.15, 0.2) is 0 Å². The van der Waals surface area contributed by atoms with Crippen molar-refractivity contribution in [3.63, 3.8) is 0 Å². The van der Waals surface area contributed by atoms with Crippen LogP contribution in [-0.2, 0) is 12.8 Å². The largest absolute Gasteiger partial charge is 0.481 e. The Morgan fingerprint density at radius 3 is 2.88 bits per heavy atom. The summed E-state index contributed by atoms with van der Waals surface area (Å²) in [5, 5.41) is 3.37. The molecule has 1 aliphatic heterocycles. The molecular weight excluding hydrogens is 214 g/mol. The smallest absolute Gasteiger partial charge is 0.219 e. The molecule has 1 N–H and O–H groups in total. The maximum absolute atomic E-state index is 5.44. The molecule has 1 aromatic rings. The number of hydrogen-bond donors (Lipinski definition) is 1. The van der Waals surface area contributed by atoms with Gasteiger partial charge in [-0.25, -0.2) is 4.98 Å². The van der Waals surface area contributed by atoms with E-state index in [-0.39, 0.29) is 0 Å². The Hall–Kier alpha value is -1.16. The number of nitrogens with one attached hydrogen (secondary N) is 1. The number of aryl methyl sites for hydroxylation is 1. The lowest BCUT2D eigenvalue weighted by Gasteiger charge is -2.19. The first-order valence-corrected chi connectivity index (χ1v) is 6.53. The minimum absolute atomic E-state index is 0.469. The van der Waals surface area contributed by atoms with Gasteiger partial charge < -0.3 is 10.1 Å². The summed E-state index contributed by atoms with van der Waals surface area (Å²) in [6.07, 6.45) is 5.78. The molecular formula is C13H19N3O. The van der Waals surface area contributed by atoms with E-state index in [9.17, 15) is 0 Å². The van der Waals surface area contributed by atoms with Gasteiger partial charge in [0.1, 0.15) is 5.82 Å². The fourth-order valence-corrected chi connectivity index (χ4v) is 2.80. The standard InChI is InChI=1S/C13H19N3O/c1-17-13-10-4-2-3-5-11(10)15-12(16-13)9-6-7-14-8-9/h9,14H,2-8H2,1H3. The summed E-state index contributed by atoms with van der Waals surface area (Å²) in [7, 11) is 1.72. The molecule has 92 valence electrons. The maximum Gasteiger partial charge on any atom is 0.219 e. The van der Waals surface area contributed by atoms with E-state index in [2.05, 4.69) is 10.3 Å². The predicted molar refractivity (Wildman–Crippen MR) is 65.5 cm³/mol. The first-order valence-electron chi connectivity index (χ1n) is 6.53. The van der Waals surface area contributed by atoms with Gasteiger partial charge >= 0.3 is 0 Å². The second kappa shape index (κ2) is 4.61. The van der Waals surface area contributed by atoms with Crippen molar-refractivity contribution < 1.29 is 4.74 Å². The van der Waals surface area contributed by atoms with Gasteiger partial charge in [0, 0.05) is 18.0 Å². The first-order chi connectivity index (χ1) is 8.38. The highest BCUT2D eigenvalue weighted by molar-refractivity contribution is 5.33. The lowest BCUT2D eigenvalue weighted by atomic mass is 9.96. The van der Waals surface area contributed by atoms with E-state index in [1.165, 1.54) is 24.1 Å². The fraction of sp³-hybridized carbons (Fsp3) is 0.692. The molecule has 17 heavy (non-hydrogen) atoms. The molecule has 0 saturated carbocycles. The van der Waals surface area contributed by atoms with Crippen LogP contribution in [0.1, 0.15) is 42.3 Å². The van der Waals surface area contributed by atoms with Crippen molar-refractivity contribution in [3.05, 3.63) is 17.1 Å². The third-order valence-corrected chi connectivity index (χ3v) is 3.78. The first kappa shape index (κ1) is 11.0. The summed E-state index contributed by atoms with van der Waals surface area (Å²) in [6.45, 7) is 2.08. The highest BCUT2D eigenvalue weighted by Crippen LogP contribution is 2.29. The van der Waals surface area contributed by atoms with Crippen LogP contribution in [0.4, 0.5) is 0 Å². The monoisotopic (exact) mass is 233 g/mol. The maximum atomic E-state index is 5.44. The van der Waals surface area contributed by atoms with Crippen molar-refractivity contribution in [1.82, 2.24) is 15.3 Å². The topological polar surface area (TPSA) is 47.0 Å². The van der Waals surface area contributed by atoms with E-state index in [0.717, 1.165) is 44.1 Å².